The third-order valence-corrected chi connectivity index (χ3v) is 3.76. The molecule has 1 saturated heterocycles. The lowest BCUT2D eigenvalue weighted by Gasteiger charge is -2.29. The van der Waals surface area contributed by atoms with E-state index in [4.69, 9.17) is 5.11 Å². The van der Waals surface area contributed by atoms with Crippen LogP contribution in [-0.4, -0.2) is 53.7 Å². The standard InChI is InChI=1S/C13H22N2O5/c1-4-8(2)10(14-13(19)20-3)11(16)15-7-5-6-9(15)12(17)18/h8-10H,4-7H2,1-3H3,(H,14,19)(H,17,18)/t8?,9-,10-/m0/s1. The lowest BCUT2D eigenvalue weighted by atomic mass is 9.97. The third kappa shape index (κ3) is 3.61. The van der Waals surface area contributed by atoms with Gasteiger partial charge in [-0.2, -0.15) is 0 Å². The highest BCUT2D eigenvalue weighted by atomic mass is 16.5. The number of hydrogen-bond acceptors (Lipinski definition) is 4. The van der Waals surface area contributed by atoms with Gasteiger partial charge in [-0.1, -0.05) is 20.3 Å². The van der Waals surface area contributed by atoms with E-state index >= 15 is 0 Å². The SMILES string of the molecule is CCC(C)[C@H](NC(=O)OC)C(=O)N1CCC[C@H]1C(=O)O. The molecule has 1 aliphatic heterocycles. The Bertz CT molecular complexity index is 385. The highest BCUT2D eigenvalue weighted by Gasteiger charge is 2.39. The largest absolute Gasteiger partial charge is 0.480 e. The zero-order chi connectivity index (χ0) is 15.3. The fraction of sp³-hybridized carbons (Fsp3) is 0.769. The van der Waals surface area contributed by atoms with Crippen molar-refractivity contribution in [3.63, 3.8) is 0 Å². The van der Waals surface area contributed by atoms with E-state index in [-0.39, 0.29) is 11.8 Å². The second-order valence-electron chi connectivity index (χ2n) is 5.03. The van der Waals surface area contributed by atoms with E-state index in [0.717, 1.165) is 0 Å². The molecule has 1 heterocycles. The maximum atomic E-state index is 12.5. The van der Waals surface area contributed by atoms with Crippen LogP contribution in [-0.2, 0) is 14.3 Å². The Balaban J connectivity index is 2.86. The quantitative estimate of drug-likeness (QED) is 0.780. The number of ether oxygens (including phenoxy) is 1. The zero-order valence-electron chi connectivity index (χ0n) is 12.1. The molecule has 2 N–H and O–H groups in total. The van der Waals surface area contributed by atoms with Crippen molar-refractivity contribution in [1.29, 1.82) is 0 Å². The minimum atomic E-state index is -1.00. The van der Waals surface area contributed by atoms with E-state index in [1.165, 1.54) is 12.0 Å². The predicted octanol–water partition coefficient (Wildman–Crippen LogP) is 0.833. The van der Waals surface area contributed by atoms with Crippen LogP contribution >= 0.6 is 0 Å². The lowest BCUT2D eigenvalue weighted by molar-refractivity contribution is -0.149. The summed E-state index contributed by atoms with van der Waals surface area (Å²) in [4.78, 5) is 36.4. The Hall–Kier alpha value is -1.79. The van der Waals surface area contributed by atoms with Crippen LogP contribution in [0.25, 0.3) is 0 Å². The number of likely N-dealkylation sites (tertiary alicyclic amines) is 1. The monoisotopic (exact) mass is 286 g/mol. The van der Waals surface area contributed by atoms with Crippen LogP contribution in [0.15, 0.2) is 0 Å². The predicted molar refractivity (Wildman–Crippen MR) is 71.2 cm³/mol. The van der Waals surface area contributed by atoms with Crippen molar-refractivity contribution < 1.29 is 24.2 Å². The lowest BCUT2D eigenvalue weighted by Crippen LogP contribution is -2.54. The van der Waals surface area contributed by atoms with Gasteiger partial charge in [0.25, 0.3) is 0 Å². The summed E-state index contributed by atoms with van der Waals surface area (Å²) in [5.41, 5.74) is 0. The molecule has 1 fully saturated rings. The Labute approximate surface area is 118 Å². The van der Waals surface area contributed by atoms with Crippen molar-refractivity contribution in [3.8, 4) is 0 Å². The number of alkyl carbamates (subject to hydrolysis) is 1. The smallest absolute Gasteiger partial charge is 0.407 e. The number of amides is 2. The number of nitrogens with zero attached hydrogens (tertiary/aromatic N) is 1. The first-order valence-electron chi connectivity index (χ1n) is 6.80. The molecule has 20 heavy (non-hydrogen) atoms. The summed E-state index contributed by atoms with van der Waals surface area (Å²) in [6.07, 6.45) is 1.11. The number of aliphatic carboxylic acids is 1. The van der Waals surface area contributed by atoms with Gasteiger partial charge in [-0.05, 0) is 18.8 Å². The van der Waals surface area contributed by atoms with Gasteiger partial charge in [0.1, 0.15) is 12.1 Å². The first-order valence-corrected chi connectivity index (χ1v) is 6.80. The molecule has 0 aromatic heterocycles. The minimum absolute atomic E-state index is 0.100. The van der Waals surface area contributed by atoms with Crippen LogP contribution in [0.5, 0.6) is 0 Å². The first kappa shape index (κ1) is 16.3. The Morgan fingerprint density at radius 2 is 2.10 bits per heavy atom. The van der Waals surface area contributed by atoms with E-state index in [2.05, 4.69) is 10.1 Å². The van der Waals surface area contributed by atoms with Crippen LogP contribution < -0.4 is 5.32 Å². The van der Waals surface area contributed by atoms with Crippen molar-refractivity contribution in [3.05, 3.63) is 0 Å². The third-order valence-electron chi connectivity index (χ3n) is 3.76. The summed E-state index contributed by atoms with van der Waals surface area (Å²) < 4.78 is 4.53. The molecule has 0 aromatic rings. The molecule has 1 aliphatic rings. The van der Waals surface area contributed by atoms with E-state index < -0.39 is 24.1 Å². The van der Waals surface area contributed by atoms with E-state index in [0.29, 0.717) is 25.8 Å². The zero-order valence-corrected chi connectivity index (χ0v) is 12.1. The molecule has 0 radical (unpaired) electrons. The van der Waals surface area contributed by atoms with Crippen molar-refractivity contribution in [1.82, 2.24) is 10.2 Å². The number of rotatable bonds is 5. The number of carbonyl (C=O) groups is 3. The number of carboxylic acids is 1. The molecule has 7 heteroatoms. The highest BCUT2D eigenvalue weighted by Crippen LogP contribution is 2.21. The molecular weight excluding hydrogens is 264 g/mol. The molecule has 0 bridgehead atoms. The van der Waals surface area contributed by atoms with E-state index in [9.17, 15) is 14.4 Å². The average Bonchev–Trinajstić information content (AvgIpc) is 2.92. The van der Waals surface area contributed by atoms with Gasteiger partial charge in [-0.25, -0.2) is 9.59 Å². The number of carboxylic acid groups (broad SMARTS) is 1. The summed E-state index contributed by atoms with van der Waals surface area (Å²) in [5, 5.41) is 11.6. The van der Waals surface area contributed by atoms with Crippen molar-refractivity contribution in [2.75, 3.05) is 13.7 Å². The first-order chi connectivity index (χ1) is 9.42. The molecule has 0 aromatic carbocycles. The van der Waals surface area contributed by atoms with Gasteiger partial charge in [0.15, 0.2) is 0 Å². The number of hydrogen-bond donors (Lipinski definition) is 2. The van der Waals surface area contributed by atoms with Crippen LogP contribution in [0.1, 0.15) is 33.1 Å². The van der Waals surface area contributed by atoms with Gasteiger partial charge in [-0.3, -0.25) is 4.79 Å². The van der Waals surface area contributed by atoms with Gasteiger partial charge in [0, 0.05) is 6.54 Å². The van der Waals surface area contributed by atoms with Crippen molar-refractivity contribution in [2.24, 2.45) is 5.92 Å². The molecule has 1 unspecified atom stereocenters. The normalized spacial score (nSPS) is 21.1. The van der Waals surface area contributed by atoms with Crippen LogP contribution in [0, 0.1) is 5.92 Å². The summed E-state index contributed by atoms with van der Waals surface area (Å²) in [6.45, 7) is 4.15. The molecule has 0 aliphatic carbocycles. The van der Waals surface area contributed by atoms with Crippen LogP contribution in [0.3, 0.4) is 0 Å². The van der Waals surface area contributed by atoms with E-state index in [1.54, 1.807) is 0 Å². The van der Waals surface area contributed by atoms with Crippen molar-refractivity contribution >= 4 is 18.0 Å². The van der Waals surface area contributed by atoms with Gasteiger partial charge < -0.3 is 20.1 Å². The Morgan fingerprint density at radius 1 is 1.45 bits per heavy atom. The molecule has 2 amide bonds. The topological polar surface area (TPSA) is 95.9 Å². The second-order valence-corrected chi connectivity index (χ2v) is 5.03. The second kappa shape index (κ2) is 7.12. The van der Waals surface area contributed by atoms with Crippen molar-refractivity contribution in [2.45, 2.75) is 45.2 Å². The molecule has 1 rings (SSSR count). The molecule has 0 saturated carbocycles. The van der Waals surface area contributed by atoms with Gasteiger partial charge in [0.05, 0.1) is 7.11 Å². The van der Waals surface area contributed by atoms with Crippen LogP contribution in [0.2, 0.25) is 0 Å². The Kier molecular flexibility index (Phi) is 5.79. The fourth-order valence-corrected chi connectivity index (χ4v) is 2.33. The highest BCUT2D eigenvalue weighted by molar-refractivity contribution is 5.90. The summed E-state index contributed by atoms with van der Waals surface area (Å²) in [7, 11) is 1.23. The number of methoxy groups -OCH3 is 1. The molecule has 7 nitrogen and oxygen atoms in total. The summed E-state index contributed by atoms with van der Waals surface area (Å²) in [5.74, 6) is -1.46. The summed E-state index contributed by atoms with van der Waals surface area (Å²) in [6, 6.07) is -1.55. The maximum absolute atomic E-state index is 12.5. The fourth-order valence-electron chi connectivity index (χ4n) is 2.33. The molecular formula is C13H22N2O5. The maximum Gasteiger partial charge on any atom is 0.407 e. The number of carbonyl (C=O) groups excluding carboxylic acids is 2. The average molecular weight is 286 g/mol. The molecule has 114 valence electrons. The van der Waals surface area contributed by atoms with Gasteiger partial charge >= 0.3 is 12.1 Å². The molecule has 0 spiro atoms. The number of nitrogens with one attached hydrogen (secondary N) is 1. The van der Waals surface area contributed by atoms with Gasteiger partial charge in [-0.15, -0.1) is 0 Å². The van der Waals surface area contributed by atoms with Crippen LogP contribution in [0.4, 0.5) is 4.79 Å². The molecule has 3 atom stereocenters. The van der Waals surface area contributed by atoms with E-state index in [1.807, 2.05) is 13.8 Å². The minimum Gasteiger partial charge on any atom is -0.480 e. The summed E-state index contributed by atoms with van der Waals surface area (Å²) >= 11 is 0. The Morgan fingerprint density at radius 3 is 2.60 bits per heavy atom. The van der Waals surface area contributed by atoms with Gasteiger partial charge in [0.2, 0.25) is 5.91 Å².